The lowest BCUT2D eigenvalue weighted by Crippen LogP contribution is -2.14. The number of aromatic nitrogens is 2. The van der Waals surface area contributed by atoms with Crippen molar-refractivity contribution in [2.24, 2.45) is 0 Å². The van der Waals surface area contributed by atoms with Gasteiger partial charge in [0.1, 0.15) is 5.75 Å². The van der Waals surface area contributed by atoms with E-state index in [0.29, 0.717) is 6.01 Å². The summed E-state index contributed by atoms with van der Waals surface area (Å²) in [6.07, 6.45) is 7.09. The maximum absolute atomic E-state index is 5.61. The number of nitrogens with one attached hydrogen (secondary N) is 1. The minimum atomic E-state index is 0.376. The quantitative estimate of drug-likeness (QED) is 0.746. The zero-order chi connectivity index (χ0) is 14.0. The molecule has 0 aliphatic rings. The van der Waals surface area contributed by atoms with Crippen molar-refractivity contribution in [2.45, 2.75) is 32.7 Å². The molecule has 0 saturated carbocycles. The molecule has 0 amide bonds. The largest absolute Gasteiger partial charge is 0.424 e. The van der Waals surface area contributed by atoms with Crippen molar-refractivity contribution >= 4 is 0 Å². The van der Waals surface area contributed by atoms with Crippen LogP contribution in [0.4, 0.5) is 0 Å². The van der Waals surface area contributed by atoms with Gasteiger partial charge < -0.3 is 10.1 Å². The lowest BCUT2D eigenvalue weighted by molar-refractivity contribution is 0.441. The molecule has 4 nitrogen and oxygen atoms in total. The molecule has 0 aliphatic heterocycles. The predicted molar refractivity (Wildman–Crippen MR) is 79.8 cm³/mol. The van der Waals surface area contributed by atoms with E-state index in [0.717, 1.165) is 18.8 Å². The molecular formula is C16H21N3O. The Hall–Kier alpha value is -1.94. The molecular weight excluding hydrogens is 250 g/mol. The number of rotatable bonds is 8. The number of benzene rings is 1. The van der Waals surface area contributed by atoms with Crippen molar-refractivity contribution < 1.29 is 4.74 Å². The molecule has 4 heteroatoms. The van der Waals surface area contributed by atoms with Crippen molar-refractivity contribution in [3.63, 3.8) is 0 Å². The second kappa shape index (κ2) is 8.27. The van der Waals surface area contributed by atoms with E-state index in [4.69, 9.17) is 4.74 Å². The van der Waals surface area contributed by atoms with Gasteiger partial charge in [-0.05, 0) is 36.7 Å². The van der Waals surface area contributed by atoms with Gasteiger partial charge >= 0.3 is 6.01 Å². The summed E-state index contributed by atoms with van der Waals surface area (Å²) in [5.41, 5.74) is 1.20. The predicted octanol–water partition coefficient (Wildman–Crippen LogP) is 3.55. The Balaban J connectivity index is 1.84. The minimum absolute atomic E-state index is 0.376. The van der Waals surface area contributed by atoms with E-state index in [1.165, 1.54) is 24.8 Å². The summed E-state index contributed by atoms with van der Waals surface area (Å²) in [6.45, 7) is 4.13. The molecule has 0 bridgehead atoms. The van der Waals surface area contributed by atoms with Gasteiger partial charge in [0.05, 0.1) is 0 Å². The second-order valence-electron chi connectivity index (χ2n) is 4.66. The van der Waals surface area contributed by atoms with Crippen molar-refractivity contribution in [1.82, 2.24) is 15.3 Å². The number of hydrogen-bond donors (Lipinski definition) is 1. The van der Waals surface area contributed by atoms with Crippen LogP contribution in [-0.4, -0.2) is 16.5 Å². The molecule has 0 radical (unpaired) electrons. The van der Waals surface area contributed by atoms with Crippen LogP contribution in [0.5, 0.6) is 11.8 Å². The highest BCUT2D eigenvalue weighted by Gasteiger charge is 2.00. The Morgan fingerprint density at radius 1 is 1.10 bits per heavy atom. The van der Waals surface area contributed by atoms with E-state index in [9.17, 15) is 0 Å². The molecule has 2 aromatic rings. The summed E-state index contributed by atoms with van der Waals surface area (Å²) in [5.74, 6) is 0.768. The van der Waals surface area contributed by atoms with Gasteiger partial charge in [-0.2, -0.15) is 0 Å². The van der Waals surface area contributed by atoms with Crippen molar-refractivity contribution in [3.05, 3.63) is 48.3 Å². The van der Waals surface area contributed by atoms with Crippen molar-refractivity contribution in [3.8, 4) is 11.8 Å². The number of hydrogen-bond acceptors (Lipinski definition) is 4. The Morgan fingerprint density at radius 3 is 2.75 bits per heavy atom. The molecule has 0 atom stereocenters. The summed E-state index contributed by atoms with van der Waals surface area (Å²) in [7, 11) is 0. The van der Waals surface area contributed by atoms with Crippen LogP contribution >= 0.6 is 0 Å². The smallest absolute Gasteiger partial charge is 0.321 e. The Labute approximate surface area is 120 Å². The minimum Gasteiger partial charge on any atom is -0.424 e. The Bertz CT molecular complexity index is 502. The molecule has 1 aromatic heterocycles. The zero-order valence-corrected chi connectivity index (χ0v) is 11.9. The average molecular weight is 271 g/mol. The van der Waals surface area contributed by atoms with E-state index in [-0.39, 0.29) is 0 Å². The van der Waals surface area contributed by atoms with Crippen LogP contribution in [0.1, 0.15) is 31.7 Å². The number of unbranched alkanes of at least 4 members (excludes halogenated alkanes) is 2. The maximum atomic E-state index is 5.61. The molecule has 20 heavy (non-hydrogen) atoms. The highest BCUT2D eigenvalue weighted by Crippen LogP contribution is 2.18. The topological polar surface area (TPSA) is 47.0 Å². The first kappa shape index (κ1) is 14.5. The maximum Gasteiger partial charge on any atom is 0.321 e. The van der Waals surface area contributed by atoms with E-state index in [1.54, 1.807) is 18.5 Å². The molecule has 0 aliphatic carbocycles. The van der Waals surface area contributed by atoms with E-state index in [1.807, 2.05) is 18.2 Å². The first-order chi connectivity index (χ1) is 9.88. The van der Waals surface area contributed by atoms with Gasteiger partial charge in [0.2, 0.25) is 0 Å². The average Bonchev–Trinajstić information content (AvgIpc) is 2.48. The van der Waals surface area contributed by atoms with Gasteiger partial charge in [-0.15, -0.1) is 0 Å². The third-order valence-corrected chi connectivity index (χ3v) is 2.94. The van der Waals surface area contributed by atoms with E-state index in [2.05, 4.69) is 28.3 Å². The van der Waals surface area contributed by atoms with E-state index >= 15 is 0 Å². The number of nitrogens with zero attached hydrogens (tertiary/aromatic N) is 2. The second-order valence-corrected chi connectivity index (χ2v) is 4.66. The lowest BCUT2D eigenvalue weighted by Gasteiger charge is -2.07. The molecule has 0 fully saturated rings. The van der Waals surface area contributed by atoms with Crippen molar-refractivity contribution in [2.75, 3.05) is 6.54 Å². The van der Waals surface area contributed by atoms with Crippen LogP contribution < -0.4 is 10.1 Å². The normalized spacial score (nSPS) is 10.4. The molecule has 0 unspecified atom stereocenters. The standard InChI is InChI=1S/C16H21N3O/c1-2-3-4-9-17-13-14-7-5-8-15(12-14)20-16-18-10-6-11-19-16/h5-8,10-12,17H,2-4,9,13H2,1H3. The van der Waals surface area contributed by atoms with Gasteiger partial charge in [0.15, 0.2) is 0 Å². The summed E-state index contributed by atoms with van der Waals surface area (Å²) >= 11 is 0. The zero-order valence-electron chi connectivity index (χ0n) is 11.9. The van der Waals surface area contributed by atoms with Gasteiger partial charge in [-0.3, -0.25) is 0 Å². The van der Waals surface area contributed by atoms with Gasteiger partial charge in [-0.1, -0.05) is 31.9 Å². The van der Waals surface area contributed by atoms with Crippen LogP contribution in [-0.2, 0) is 6.54 Å². The van der Waals surface area contributed by atoms with Crippen LogP contribution in [0.25, 0.3) is 0 Å². The molecule has 0 saturated heterocycles. The fraction of sp³-hybridized carbons (Fsp3) is 0.375. The molecule has 1 N–H and O–H groups in total. The van der Waals surface area contributed by atoms with Gasteiger partial charge in [-0.25, -0.2) is 9.97 Å². The van der Waals surface area contributed by atoms with Crippen LogP contribution in [0.15, 0.2) is 42.7 Å². The monoisotopic (exact) mass is 271 g/mol. The first-order valence-corrected chi connectivity index (χ1v) is 7.13. The fourth-order valence-corrected chi connectivity index (χ4v) is 1.90. The third kappa shape index (κ3) is 4.97. The molecule has 1 aromatic carbocycles. The SMILES string of the molecule is CCCCCNCc1cccc(Oc2ncccn2)c1. The Kier molecular flexibility index (Phi) is 5.99. The highest BCUT2D eigenvalue weighted by atomic mass is 16.5. The summed E-state index contributed by atoms with van der Waals surface area (Å²) in [6, 6.07) is 10.1. The van der Waals surface area contributed by atoms with Gasteiger partial charge in [0.25, 0.3) is 0 Å². The Morgan fingerprint density at radius 2 is 1.95 bits per heavy atom. The summed E-state index contributed by atoms with van der Waals surface area (Å²) < 4.78 is 5.61. The highest BCUT2D eigenvalue weighted by molar-refractivity contribution is 5.30. The van der Waals surface area contributed by atoms with Crippen LogP contribution in [0.2, 0.25) is 0 Å². The molecule has 2 rings (SSSR count). The third-order valence-electron chi connectivity index (χ3n) is 2.94. The lowest BCUT2D eigenvalue weighted by atomic mass is 10.2. The molecule has 0 spiro atoms. The molecule has 106 valence electrons. The molecule has 1 heterocycles. The fourth-order valence-electron chi connectivity index (χ4n) is 1.90. The summed E-state index contributed by atoms with van der Waals surface area (Å²) in [5, 5.41) is 3.44. The van der Waals surface area contributed by atoms with Crippen LogP contribution in [0, 0.1) is 0 Å². The van der Waals surface area contributed by atoms with Crippen LogP contribution in [0.3, 0.4) is 0 Å². The summed E-state index contributed by atoms with van der Waals surface area (Å²) in [4.78, 5) is 8.10. The first-order valence-electron chi connectivity index (χ1n) is 7.13. The van der Waals surface area contributed by atoms with Crippen molar-refractivity contribution in [1.29, 1.82) is 0 Å². The number of ether oxygens (including phenoxy) is 1. The van der Waals surface area contributed by atoms with Gasteiger partial charge in [0, 0.05) is 18.9 Å². The van der Waals surface area contributed by atoms with E-state index < -0.39 is 0 Å².